The lowest BCUT2D eigenvalue weighted by atomic mass is 10.1. The number of aryl methyl sites for hydroxylation is 2. The predicted octanol–water partition coefficient (Wildman–Crippen LogP) is 5.05. The van der Waals surface area contributed by atoms with E-state index in [4.69, 9.17) is 9.52 Å². The zero-order valence-corrected chi connectivity index (χ0v) is 17.9. The van der Waals surface area contributed by atoms with Crippen LogP contribution in [-0.2, 0) is 26.2 Å². The van der Waals surface area contributed by atoms with Gasteiger partial charge in [-0.3, -0.25) is 14.6 Å². The maximum Gasteiger partial charge on any atom is 0.118 e. The third-order valence-corrected chi connectivity index (χ3v) is 5.38. The summed E-state index contributed by atoms with van der Waals surface area (Å²) >= 11 is 0. The minimum absolute atomic E-state index is 0.729. The molecule has 30 heavy (non-hydrogen) atoms. The quantitative estimate of drug-likeness (QED) is 0.415. The smallest absolute Gasteiger partial charge is 0.118 e. The van der Waals surface area contributed by atoms with Gasteiger partial charge in [0, 0.05) is 30.5 Å². The van der Waals surface area contributed by atoms with Crippen LogP contribution in [0.4, 0.5) is 0 Å². The molecular weight excluding hydrogens is 372 g/mol. The first-order valence-corrected chi connectivity index (χ1v) is 10.3. The van der Waals surface area contributed by atoms with E-state index in [-0.39, 0.29) is 0 Å². The SMILES string of the molecule is Cc1ccc(CN(Cc2ccccn2)Cc2c(C)nn(Cc3ccccc3)c2C)o1. The zero-order chi connectivity index (χ0) is 20.9. The molecule has 5 nitrogen and oxygen atoms in total. The summed E-state index contributed by atoms with van der Waals surface area (Å²) in [5, 5.41) is 4.83. The largest absolute Gasteiger partial charge is 0.465 e. The van der Waals surface area contributed by atoms with E-state index in [2.05, 4.69) is 64.8 Å². The van der Waals surface area contributed by atoms with Crippen LogP contribution in [-0.4, -0.2) is 19.7 Å². The van der Waals surface area contributed by atoms with Crippen molar-refractivity contribution in [3.8, 4) is 0 Å². The molecule has 0 atom stereocenters. The van der Waals surface area contributed by atoms with Crippen molar-refractivity contribution >= 4 is 0 Å². The molecule has 0 saturated carbocycles. The number of aromatic nitrogens is 3. The van der Waals surface area contributed by atoms with Gasteiger partial charge in [-0.2, -0.15) is 5.10 Å². The van der Waals surface area contributed by atoms with Gasteiger partial charge in [-0.25, -0.2) is 0 Å². The fourth-order valence-electron chi connectivity index (χ4n) is 3.78. The lowest BCUT2D eigenvalue weighted by molar-refractivity contribution is 0.222. The third kappa shape index (κ3) is 4.86. The van der Waals surface area contributed by atoms with Gasteiger partial charge in [0.05, 0.1) is 24.5 Å². The topological polar surface area (TPSA) is 47.1 Å². The van der Waals surface area contributed by atoms with Gasteiger partial charge in [0.1, 0.15) is 11.5 Å². The molecule has 0 N–H and O–H groups in total. The highest BCUT2D eigenvalue weighted by atomic mass is 16.3. The fraction of sp³-hybridized carbons (Fsp3) is 0.280. The summed E-state index contributed by atoms with van der Waals surface area (Å²) in [6.45, 7) is 9.30. The number of furan rings is 1. The van der Waals surface area contributed by atoms with Crippen molar-refractivity contribution in [2.45, 2.75) is 47.0 Å². The van der Waals surface area contributed by atoms with Gasteiger partial charge in [0.15, 0.2) is 0 Å². The highest BCUT2D eigenvalue weighted by molar-refractivity contribution is 5.26. The normalized spacial score (nSPS) is 11.3. The Morgan fingerprint density at radius 3 is 2.37 bits per heavy atom. The Balaban J connectivity index is 1.57. The predicted molar refractivity (Wildman–Crippen MR) is 118 cm³/mol. The zero-order valence-electron chi connectivity index (χ0n) is 17.9. The Morgan fingerprint density at radius 1 is 0.867 bits per heavy atom. The maximum atomic E-state index is 5.85. The van der Waals surface area contributed by atoms with Crippen LogP contribution in [0.15, 0.2) is 71.3 Å². The van der Waals surface area contributed by atoms with Gasteiger partial charge in [-0.15, -0.1) is 0 Å². The van der Waals surface area contributed by atoms with Gasteiger partial charge in [-0.05, 0) is 50.6 Å². The van der Waals surface area contributed by atoms with Crippen molar-refractivity contribution in [3.05, 3.63) is 107 Å². The standard InChI is InChI=1S/C25H28N4O/c1-19-12-13-24(30-19)17-28(16-23-11-7-8-14-26-23)18-25-20(2)27-29(21(25)3)15-22-9-5-4-6-10-22/h4-14H,15-18H2,1-3H3. The van der Waals surface area contributed by atoms with Crippen LogP contribution in [0, 0.1) is 20.8 Å². The number of hydrogen-bond donors (Lipinski definition) is 0. The summed E-state index contributed by atoms with van der Waals surface area (Å²) in [6, 6.07) is 20.6. The number of benzene rings is 1. The van der Waals surface area contributed by atoms with Crippen LogP contribution in [0.25, 0.3) is 0 Å². The molecule has 5 heteroatoms. The van der Waals surface area contributed by atoms with E-state index >= 15 is 0 Å². The Bertz CT molecular complexity index is 1080. The summed E-state index contributed by atoms with van der Waals surface area (Å²) < 4.78 is 7.96. The average molecular weight is 401 g/mol. The van der Waals surface area contributed by atoms with Crippen LogP contribution in [0.3, 0.4) is 0 Å². The Labute approximate surface area is 178 Å². The lowest BCUT2D eigenvalue weighted by Gasteiger charge is -2.21. The van der Waals surface area contributed by atoms with Crippen molar-refractivity contribution in [2.75, 3.05) is 0 Å². The van der Waals surface area contributed by atoms with Gasteiger partial charge >= 0.3 is 0 Å². The molecule has 4 aromatic rings. The second-order valence-electron chi connectivity index (χ2n) is 7.77. The van der Waals surface area contributed by atoms with Crippen LogP contribution in [0.2, 0.25) is 0 Å². The molecule has 0 aliphatic rings. The maximum absolute atomic E-state index is 5.85. The molecule has 0 fully saturated rings. The first kappa shape index (κ1) is 20.1. The van der Waals surface area contributed by atoms with Crippen molar-refractivity contribution < 1.29 is 4.42 Å². The lowest BCUT2D eigenvalue weighted by Crippen LogP contribution is -2.23. The van der Waals surface area contributed by atoms with Gasteiger partial charge in [0.25, 0.3) is 0 Å². The molecule has 0 unspecified atom stereocenters. The van der Waals surface area contributed by atoms with E-state index in [1.165, 1.54) is 16.8 Å². The second kappa shape index (κ2) is 9.09. The van der Waals surface area contributed by atoms with E-state index in [1.807, 2.05) is 37.4 Å². The fourth-order valence-corrected chi connectivity index (χ4v) is 3.78. The molecule has 0 aliphatic heterocycles. The number of pyridine rings is 1. The number of hydrogen-bond acceptors (Lipinski definition) is 4. The second-order valence-corrected chi connectivity index (χ2v) is 7.77. The molecule has 0 saturated heterocycles. The molecule has 3 aromatic heterocycles. The highest BCUT2D eigenvalue weighted by Gasteiger charge is 2.17. The summed E-state index contributed by atoms with van der Waals surface area (Å²) in [7, 11) is 0. The monoisotopic (exact) mass is 400 g/mol. The van der Waals surface area contributed by atoms with E-state index in [0.717, 1.165) is 49.1 Å². The van der Waals surface area contributed by atoms with Crippen molar-refractivity contribution in [2.24, 2.45) is 0 Å². The van der Waals surface area contributed by atoms with Gasteiger partial charge < -0.3 is 4.42 Å². The highest BCUT2D eigenvalue weighted by Crippen LogP contribution is 2.20. The minimum atomic E-state index is 0.729. The summed E-state index contributed by atoms with van der Waals surface area (Å²) in [6.07, 6.45) is 1.85. The first-order valence-electron chi connectivity index (χ1n) is 10.3. The van der Waals surface area contributed by atoms with Crippen LogP contribution in [0.5, 0.6) is 0 Å². The van der Waals surface area contributed by atoms with Crippen molar-refractivity contribution in [1.82, 2.24) is 19.7 Å². The summed E-state index contributed by atoms with van der Waals surface area (Å²) in [4.78, 5) is 6.89. The molecule has 0 radical (unpaired) electrons. The summed E-state index contributed by atoms with van der Waals surface area (Å²) in [5.74, 6) is 1.90. The third-order valence-electron chi connectivity index (χ3n) is 5.38. The molecule has 154 valence electrons. The first-order chi connectivity index (χ1) is 14.6. The number of rotatable bonds is 8. The van der Waals surface area contributed by atoms with Crippen LogP contribution in [0.1, 0.15) is 39.7 Å². The molecule has 0 amide bonds. The van der Waals surface area contributed by atoms with Crippen molar-refractivity contribution in [3.63, 3.8) is 0 Å². The molecule has 0 bridgehead atoms. The number of nitrogens with zero attached hydrogens (tertiary/aromatic N) is 4. The summed E-state index contributed by atoms with van der Waals surface area (Å²) in [5.41, 5.74) is 5.85. The molecule has 0 spiro atoms. The average Bonchev–Trinajstić information content (AvgIpc) is 3.27. The van der Waals surface area contributed by atoms with Crippen molar-refractivity contribution in [1.29, 1.82) is 0 Å². The van der Waals surface area contributed by atoms with Crippen LogP contribution >= 0.6 is 0 Å². The Morgan fingerprint density at radius 2 is 1.67 bits per heavy atom. The minimum Gasteiger partial charge on any atom is -0.465 e. The molecule has 1 aromatic carbocycles. The van der Waals surface area contributed by atoms with Gasteiger partial charge in [0.2, 0.25) is 0 Å². The molecular formula is C25H28N4O. The van der Waals surface area contributed by atoms with E-state index < -0.39 is 0 Å². The van der Waals surface area contributed by atoms with E-state index in [1.54, 1.807) is 0 Å². The molecule has 3 heterocycles. The van der Waals surface area contributed by atoms with E-state index in [9.17, 15) is 0 Å². The molecule has 0 aliphatic carbocycles. The van der Waals surface area contributed by atoms with Crippen LogP contribution < -0.4 is 0 Å². The van der Waals surface area contributed by atoms with Gasteiger partial charge in [-0.1, -0.05) is 36.4 Å². The van der Waals surface area contributed by atoms with E-state index in [0.29, 0.717) is 0 Å². The Hall–Kier alpha value is -3.18. The Kier molecular flexibility index (Phi) is 6.10. The molecule has 4 rings (SSSR count).